The summed E-state index contributed by atoms with van der Waals surface area (Å²) in [7, 11) is 2.97. The number of piperidine rings is 1. The van der Waals surface area contributed by atoms with Crippen molar-refractivity contribution in [3.8, 4) is 11.8 Å². The monoisotopic (exact) mass is 968 g/mol. The number of cyclic esters (lactones) is 1. The van der Waals surface area contributed by atoms with Gasteiger partial charge in [-0.3, -0.25) is 14.4 Å². The summed E-state index contributed by atoms with van der Waals surface area (Å²) in [5.41, 5.74) is 1.30. The first-order chi connectivity index (χ1) is 32.7. The fourth-order valence-corrected chi connectivity index (χ4v) is 10.5. The van der Waals surface area contributed by atoms with Crippen LogP contribution in [0.15, 0.2) is 47.6 Å². The van der Waals surface area contributed by atoms with Gasteiger partial charge in [0.1, 0.15) is 31.0 Å². The number of amides is 1. The van der Waals surface area contributed by atoms with Gasteiger partial charge in [0.2, 0.25) is 5.79 Å². The molecule has 0 aromatic heterocycles. The maximum absolute atomic E-state index is 14.5. The number of carbonyl (C=O) groups excluding carboxylic acids is 4. The third-order valence-electron chi connectivity index (χ3n) is 15.0. The normalized spacial score (nSPS) is 39.6. The van der Waals surface area contributed by atoms with Crippen molar-refractivity contribution in [3.63, 3.8) is 0 Å². The Bertz CT molecular complexity index is 1880. The standard InChI is InChI=1S/C55H85NO13/c1-11-12-18-27-67-46-32-42-24-22-40(8)55(64,69-42)52(61)53(62)56-26-17-16-21-43(56)54(63)68-47(37(5)30-41-23-25-44(57)48(31-41)65-9)33-45(58)36(4)29-39(7)50(60)51(66-10)49(59)38(6)28-34(2)19-14-13-15-20-35(46)3/h13-15,19-20,29,34,36-38,40-48,50-51,57-58,60,64H,11,16-17,21-28,30-33H2,1-10H3/b15-13+,19-14+,35-20+,39-29+/t34-,36-,37-,38-,40-,41+,42+,43+,44-,45+,46+,47+,48-,50-,51+,55-/m1/s1. The molecular weight excluding hydrogens is 883 g/mol. The zero-order chi connectivity index (χ0) is 51.0. The number of nitrogens with zero attached hydrogens (tertiary/aromatic N) is 1. The van der Waals surface area contributed by atoms with Crippen molar-refractivity contribution < 1.29 is 63.3 Å². The van der Waals surface area contributed by atoms with Crippen LogP contribution in [0.1, 0.15) is 139 Å². The number of rotatable bonds is 7. The summed E-state index contributed by atoms with van der Waals surface area (Å²) >= 11 is 0. The Morgan fingerprint density at radius 3 is 2.29 bits per heavy atom. The van der Waals surface area contributed by atoms with Crippen molar-refractivity contribution >= 4 is 23.4 Å². The van der Waals surface area contributed by atoms with Crippen molar-refractivity contribution in [1.29, 1.82) is 0 Å². The van der Waals surface area contributed by atoms with Gasteiger partial charge in [0, 0.05) is 57.8 Å². The maximum atomic E-state index is 14.5. The lowest BCUT2D eigenvalue weighted by molar-refractivity contribution is -0.265. The van der Waals surface area contributed by atoms with E-state index in [2.05, 4.69) is 11.8 Å². The summed E-state index contributed by atoms with van der Waals surface area (Å²) < 4.78 is 30.0. The van der Waals surface area contributed by atoms with Crippen LogP contribution in [0.3, 0.4) is 0 Å². The van der Waals surface area contributed by atoms with E-state index < -0.39 is 90.0 Å². The molecule has 1 saturated carbocycles. The number of Topliss-reactive ketones (excluding diaryl/α,β-unsaturated/α-hetero) is 2. The van der Waals surface area contributed by atoms with Gasteiger partial charge >= 0.3 is 5.97 Å². The van der Waals surface area contributed by atoms with Crippen molar-refractivity contribution in [2.45, 2.75) is 200 Å². The second-order valence-electron chi connectivity index (χ2n) is 20.6. The number of methoxy groups -OCH3 is 2. The van der Waals surface area contributed by atoms with Crippen LogP contribution in [-0.4, -0.2) is 137 Å². The van der Waals surface area contributed by atoms with Crippen LogP contribution in [0.25, 0.3) is 0 Å². The van der Waals surface area contributed by atoms with Gasteiger partial charge in [-0.1, -0.05) is 83.9 Å². The van der Waals surface area contributed by atoms with E-state index in [4.69, 9.17) is 23.7 Å². The first kappa shape index (κ1) is 58.1. The fraction of sp³-hybridized carbons (Fsp3) is 0.745. The lowest BCUT2D eigenvalue weighted by Gasteiger charge is -2.43. The minimum Gasteiger partial charge on any atom is -0.460 e. The number of ketones is 2. The molecule has 3 fully saturated rings. The Labute approximate surface area is 412 Å². The molecular formula is C55H85NO13. The molecule has 14 nitrogen and oxygen atoms in total. The van der Waals surface area contributed by atoms with Gasteiger partial charge in [-0.05, 0) is 107 Å². The van der Waals surface area contributed by atoms with Crippen LogP contribution < -0.4 is 0 Å². The van der Waals surface area contributed by atoms with Gasteiger partial charge in [-0.2, -0.15) is 0 Å². The summed E-state index contributed by atoms with van der Waals surface area (Å²) in [6.07, 6.45) is 11.2. The second-order valence-corrected chi connectivity index (χ2v) is 20.6. The van der Waals surface area contributed by atoms with Crippen molar-refractivity contribution in [3.05, 3.63) is 47.6 Å². The first-order valence-corrected chi connectivity index (χ1v) is 25.6. The largest absolute Gasteiger partial charge is 0.460 e. The van der Waals surface area contributed by atoms with Crippen LogP contribution in [-0.2, 0) is 42.9 Å². The number of carbonyl (C=O) groups is 4. The Hall–Kier alpha value is -3.52. The molecule has 3 aliphatic heterocycles. The molecule has 1 aliphatic carbocycles. The smallest absolute Gasteiger partial charge is 0.329 e. The summed E-state index contributed by atoms with van der Waals surface area (Å²) in [5.74, 6) is -1.37. The molecule has 0 spiro atoms. The van der Waals surface area contributed by atoms with Gasteiger partial charge in [0.15, 0.2) is 5.78 Å². The van der Waals surface area contributed by atoms with E-state index in [0.29, 0.717) is 63.4 Å². The summed E-state index contributed by atoms with van der Waals surface area (Å²) in [6.45, 7) is 15.1. The average Bonchev–Trinajstić information content (AvgIpc) is 3.32. The second kappa shape index (κ2) is 27.9. The highest BCUT2D eigenvalue weighted by molar-refractivity contribution is 6.39. The van der Waals surface area contributed by atoms with E-state index in [1.54, 1.807) is 34.0 Å². The first-order valence-electron chi connectivity index (χ1n) is 25.6. The Morgan fingerprint density at radius 2 is 1.59 bits per heavy atom. The van der Waals surface area contributed by atoms with E-state index in [0.717, 1.165) is 12.0 Å². The van der Waals surface area contributed by atoms with E-state index in [1.807, 2.05) is 65.0 Å². The molecule has 0 aromatic carbocycles. The maximum Gasteiger partial charge on any atom is 0.329 e. The topological polar surface area (TPSA) is 199 Å². The number of hydrogen-bond donors (Lipinski definition) is 4. The van der Waals surface area contributed by atoms with Crippen molar-refractivity contribution in [1.82, 2.24) is 4.90 Å². The van der Waals surface area contributed by atoms with E-state index in [9.17, 15) is 39.6 Å². The molecule has 388 valence electrons. The fourth-order valence-electron chi connectivity index (χ4n) is 10.5. The number of ether oxygens (including phenoxy) is 5. The number of hydrogen-bond acceptors (Lipinski definition) is 13. The van der Waals surface area contributed by atoms with Gasteiger partial charge < -0.3 is 49.0 Å². The lowest BCUT2D eigenvalue weighted by atomic mass is 9.78. The van der Waals surface area contributed by atoms with Crippen molar-refractivity contribution in [2.24, 2.45) is 35.5 Å². The average molecular weight is 968 g/mol. The van der Waals surface area contributed by atoms with Gasteiger partial charge in [0.05, 0.1) is 30.5 Å². The number of esters is 1. The Kier molecular flexibility index (Phi) is 23.5. The van der Waals surface area contributed by atoms with Crippen LogP contribution in [0.4, 0.5) is 0 Å². The zero-order valence-electron chi connectivity index (χ0n) is 43.1. The highest BCUT2D eigenvalue weighted by Gasteiger charge is 2.53. The van der Waals surface area contributed by atoms with Gasteiger partial charge in [-0.15, -0.1) is 5.92 Å². The number of allylic oxidation sites excluding steroid dienone is 5. The van der Waals surface area contributed by atoms with Crippen LogP contribution >= 0.6 is 0 Å². The number of aliphatic hydroxyl groups is 4. The molecule has 16 atom stereocenters. The Morgan fingerprint density at radius 1 is 0.855 bits per heavy atom. The molecule has 0 aromatic rings. The van der Waals surface area contributed by atoms with Crippen LogP contribution in [0.2, 0.25) is 0 Å². The molecule has 2 bridgehead atoms. The molecule has 0 unspecified atom stereocenters. The number of fused-ring (bicyclic) bond motifs is 3. The summed E-state index contributed by atoms with van der Waals surface area (Å²) in [4.78, 5) is 58.2. The van der Waals surface area contributed by atoms with Gasteiger partial charge in [0.25, 0.3) is 11.7 Å². The quantitative estimate of drug-likeness (QED) is 0.0905. The lowest BCUT2D eigenvalue weighted by Crippen LogP contribution is -2.61. The minimum absolute atomic E-state index is 0.0118. The minimum atomic E-state index is -2.45. The molecule has 14 heteroatoms. The Balaban J connectivity index is 1.72. The number of aliphatic hydroxyl groups excluding tert-OH is 3. The highest BCUT2D eigenvalue weighted by Crippen LogP contribution is 2.38. The molecule has 69 heavy (non-hydrogen) atoms. The van der Waals surface area contributed by atoms with E-state index in [1.165, 1.54) is 12.0 Å². The van der Waals surface area contributed by atoms with Crippen LogP contribution in [0.5, 0.6) is 0 Å². The molecule has 2 saturated heterocycles. The molecule has 0 radical (unpaired) electrons. The van der Waals surface area contributed by atoms with E-state index in [-0.39, 0.29) is 62.1 Å². The molecule has 4 rings (SSSR count). The summed E-state index contributed by atoms with van der Waals surface area (Å²) in [6, 6.07) is -1.12. The molecule has 4 N–H and O–H groups in total. The van der Waals surface area contributed by atoms with Gasteiger partial charge in [-0.25, -0.2) is 4.79 Å². The highest BCUT2D eigenvalue weighted by atomic mass is 16.6. The van der Waals surface area contributed by atoms with Crippen molar-refractivity contribution in [2.75, 3.05) is 27.4 Å². The molecule has 1 amide bonds. The van der Waals surface area contributed by atoms with E-state index >= 15 is 0 Å². The third-order valence-corrected chi connectivity index (χ3v) is 15.0. The molecule has 3 heterocycles. The zero-order valence-corrected chi connectivity index (χ0v) is 43.1. The third kappa shape index (κ3) is 16.2. The predicted octanol–water partition coefficient (Wildman–Crippen LogP) is 6.76. The van der Waals surface area contributed by atoms with Crippen LogP contribution in [0, 0.1) is 47.3 Å². The predicted molar refractivity (Wildman–Crippen MR) is 263 cm³/mol. The summed E-state index contributed by atoms with van der Waals surface area (Å²) in [5, 5.41) is 45.9. The SMILES string of the molecule is CCC#CCO[C@H]1C[C@@H]2CC[C@@H](C)[C@@](O)(O2)C(=O)C(=O)N2CCCC[C@H]2C(=O)O[C@H]([C@H](C)C[C@@H]2CC[C@@H](O)[C@H](OC)C2)C[C@H](O)[C@H](C)/C=C(\C)[C@@H](O)[C@@H](OC)C(=O)[C@H](C)C[C@H](C)/C=C/C=C/C=C/1C. The molecule has 4 aliphatic rings.